The van der Waals surface area contributed by atoms with Crippen LogP contribution in [0.4, 0.5) is 0 Å². The average molecular weight is 167 g/mol. The number of nitrogens with one attached hydrogen (secondary N) is 1. The lowest BCUT2D eigenvalue weighted by atomic mass is 10.2. The third-order valence-electron chi connectivity index (χ3n) is 1.76. The number of nitrogens with zero attached hydrogens (tertiary/aromatic N) is 2. The van der Waals surface area contributed by atoms with Gasteiger partial charge in [0, 0.05) is 13.0 Å². The molecule has 0 amide bonds. The summed E-state index contributed by atoms with van der Waals surface area (Å²) in [5.41, 5.74) is 0.965. The van der Waals surface area contributed by atoms with Gasteiger partial charge in [-0.2, -0.15) is 0 Å². The van der Waals surface area contributed by atoms with E-state index in [2.05, 4.69) is 15.1 Å². The Labute approximate surface area is 69.3 Å². The first-order chi connectivity index (χ1) is 5.86. The van der Waals surface area contributed by atoms with Gasteiger partial charge in [0.15, 0.2) is 0 Å². The molecular formula is C7H9N3O2. The Hall–Kier alpha value is -1.52. The summed E-state index contributed by atoms with van der Waals surface area (Å²) in [6.07, 6.45) is 5.16. The predicted octanol–water partition coefficient (Wildman–Crippen LogP) is -0.783. The third-order valence-corrected chi connectivity index (χ3v) is 1.76. The smallest absolute Gasteiger partial charge is 0.231 e. The molecule has 1 N–H and O–H groups in total. The number of hydrogen-bond acceptors (Lipinski definition) is 4. The minimum atomic E-state index is -0.415. The maximum Gasteiger partial charge on any atom is 0.231 e. The van der Waals surface area contributed by atoms with Crippen molar-refractivity contribution in [3.8, 4) is 5.95 Å². The maximum absolute atomic E-state index is 10.6. The second kappa shape index (κ2) is 2.84. The quantitative estimate of drug-likeness (QED) is 0.557. The van der Waals surface area contributed by atoms with E-state index in [9.17, 15) is 5.11 Å². The fourth-order valence-electron chi connectivity index (χ4n) is 1.18. The summed E-state index contributed by atoms with van der Waals surface area (Å²) in [5.74, 6) is -0.415. The first kappa shape index (κ1) is 7.15. The van der Waals surface area contributed by atoms with Crippen LogP contribution in [0, 0.1) is 0 Å². The predicted molar refractivity (Wildman–Crippen MR) is 37.7 cm³/mol. The Morgan fingerprint density at radius 2 is 2.58 bits per heavy atom. The molecule has 0 saturated carbocycles. The fourth-order valence-corrected chi connectivity index (χ4v) is 1.18. The standard InChI is InChI=1S/C7H9N3O2/c11-7-5-10(9-12-7)6-2-1-3-8-4-6/h4-5H,1-3H2,(H-,8,9,11). The topological polar surface area (TPSA) is 65.0 Å². The van der Waals surface area contributed by atoms with Crippen LogP contribution in [0.15, 0.2) is 16.9 Å². The summed E-state index contributed by atoms with van der Waals surface area (Å²) in [7, 11) is 0. The monoisotopic (exact) mass is 167 g/mol. The molecule has 1 aliphatic heterocycles. The number of hydrogen-bond donors (Lipinski definition) is 1. The van der Waals surface area contributed by atoms with Gasteiger partial charge >= 0.3 is 0 Å². The van der Waals surface area contributed by atoms with E-state index in [0.717, 1.165) is 25.1 Å². The fraction of sp³-hybridized carbons (Fsp3) is 0.429. The van der Waals surface area contributed by atoms with Crippen LogP contribution in [0.3, 0.4) is 0 Å². The Morgan fingerprint density at radius 3 is 3.17 bits per heavy atom. The van der Waals surface area contributed by atoms with Crippen LogP contribution in [0.25, 0.3) is 5.70 Å². The Bertz CT molecular complexity index is 305. The van der Waals surface area contributed by atoms with Gasteiger partial charge in [-0.15, -0.1) is 0 Å². The number of allylic oxidation sites excluding steroid dienone is 1. The van der Waals surface area contributed by atoms with Gasteiger partial charge in [-0.1, -0.05) is 0 Å². The maximum atomic E-state index is 10.6. The van der Waals surface area contributed by atoms with E-state index in [4.69, 9.17) is 0 Å². The van der Waals surface area contributed by atoms with E-state index in [1.165, 1.54) is 10.9 Å². The molecule has 0 atom stereocenters. The zero-order chi connectivity index (χ0) is 8.39. The largest absolute Gasteiger partial charge is 0.539 e. The van der Waals surface area contributed by atoms with Crippen LogP contribution in [0.5, 0.6) is 5.95 Å². The third kappa shape index (κ3) is 1.25. The van der Waals surface area contributed by atoms with Gasteiger partial charge in [0.05, 0.1) is 11.5 Å². The van der Waals surface area contributed by atoms with Crippen LogP contribution in [0.1, 0.15) is 12.8 Å². The second-order valence-electron chi connectivity index (χ2n) is 2.66. The molecule has 1 aromatic rings. The van der Waals surface area contributed by atoms with Crippen LogP contribution in [-0.4, -0.2) is 11.8 Å². The Kier molecular flexibility index (Phi) is 1.69. The molecule has 0 saturated heterocycles. The lowest BCUT2D eigenvalue weighted by molar-refractivity contribution is -0.659. The first-order valence-electron chi connectivity index (χ1n) is 3.85. The minimum absolute atomic E-state index is 0.415. The van der Waals surface area contributed by atoms with Gasteiger partial charge in [0.1, 0.15) is 5.95 Å². The number of rotatable bonds is 1. The van der Waals surface area contributed by atoms with Gasteiger partial charge in [0.2, 0.25) is 11.9 Å². The summed E-state index contributed by atoms with van der Waals surface area (Å²) in [6.45, 7) is 0.978. The Balaban J connectivity index is 2.23. The van der Waals surface area contributed by atoms with Crippen molar-refractivity contribution in [3.63, 3.8) is 0 Å². The molecule has 0 radical (unpaired) electrons. The van der Waals surface area contributed by atoms with E-state index in [1.807, 2.05) is 6.20 Å². The highest BCUT2D eigenvalue weighted by atomic mass is 16.6. The molecule has 64 valence electrons. The molecule has 0 aromatic carbocycles. The lowest BCUT2D eigenvalue weighted by Gasteiger charge is -2.05. The van der Waals surface area contributed by atoms with Gasteiger partial charge in [-0.05, 0) is 11.1 Å². The van der Waals surface area contributed by atoms with Crippen LogP contribution < -0.4 is 15.1 Å². The Morgan fingerprint density at radius 1 is 1.67 bits per heavy atom. The molecular weight excluding hydrogens is 158 g/mol. The van der Waals surface area contributed by atoms with Crippen molar-refractivity contribution in [2.24, 2.45) is 0 Å². The van der Waals surface area contributed by atoms with Crippen molar-refractivity contribution in [1.29, 1.82) is 0 Å². The van der Waals surface area contributed by atoms with E-state index in [0.29, 0.717) is 0 Å². The van der Waals surface area contributed by atoms with Crippen molar-refractivity contribution < 1.29 is 14.3 Å². The van der Waals surface area contributed by atoms with Crippen LogP contribution in [-0.2, 0) is 0 Å². The molecule has 0 bridgehead atoms. The molecule has 12 heavy (non-hydrogen) atoms. The molecule has 5 nitrogen and oxygen atoms in total. The highest BCUT2D eigenvalue weighted by molar-refractivity contribution is 5.32. The summed E-state index contributed by atoms with van der Waals surface area (Å²) >= 11 is 0. The molecule has 2 heterocycles. The van der Waals surface area contributed by atoms with Crippen molar-refractivity contribution in [2.75, 3.05) is 6.54 Å². The zero-order valence-electron chi connectivity index (χ0n) is 6.49. The zero-order valence-corrected chi connectivity index (χ0v) is 6.49. The average Bonchev–Trinajstić information content (AvgIpc) is 2.54. The molecule has 5 heteroatoms. The second-order valence-corrected chi connectivity index (χ2v) is 2.66. The van der Waals surface area contributed by atoms with Gasteiger partial charge in [-0.25, -0.2) is 0 Å². The van der Waals surface area contributed by atoms with Crippen molar-refractivity contribution in [3.05, 3.63) is 12.4 Å². The normalized spacial score (nSPS) is 16.8. The summed E-state index contributed by atoms with van der Waals surface area (Å²) in [6, 6.07) is 0. The molecule has 1 aliphatic rings. The van der Waals surface area contributed by atoms with Crippen LogP contribution in [0.2, 0.25) is 0 Å². The molecule has 2 rings (SSSR count). The summed E-state index contributed by atoms with van der Waals surface area (Å²) in [5, 5.41) is 17.3. The SMILES string of the molecule is [O-]c1c[n+](C2=CNCCC2)no1. The molecule has 0 aliphatic carbocycles. The van der Waals surface area contributed by atoms with E-state index in [-0.39, 0.29) is 0 Å². The number of aromatic nitrogens is 2. The summed E-state index contributed by atoms with van der Waals surface area (Å²) in [4.78, 5) is 0. The van der Waals surface area contributed by atoms with Crippen molar-refractivity contribution in [2.45, 2.75) is 12.8 Å². The highest BCUT2D eigenvalue weighted by Gasteiger charge is 2.15. The summed E-state index contributed by atoms with van der Waals surface area (Å²) < 4.78 is 5.87. The minimum Gasteiger partial charge on any atom is -0.539 e. The van der Waals surface area contributed by atoms with E-state index >= 15 is 0 Å². The lowest BCUT2D eigenvalue weighted by Crippen LogP contribution is -2.36. The van der Waals surface area contributed by atoms with Crippen LogP contribution >= 0.6 is 0 Å². The molecule has 0 spiro atoms. The van der Waals surface area contributed by atoms with Crippen molar-refractivity contribution >= 4 is 5.70 Å². The highest BCUT2D eigenvalue weighted by Crippen LogP contribution is 2.07. The van der Waals surface area contributed by atoms with E-state index in [1.54, 1.807) is 0 Å². The molecule has 0 unspecified atom stereocenters. The molecule has 0 fully saturated rings. The van der Waals surface area contributed by atoms with Gasteiger partial charge < -0.3 is 14.9 Å². The van der Waals surface area contributed by atoms with E-state index < -0.39 is 5.95 Å². The first-order valence-corrected chi connectivity index (χ1v) is 3.85. The van der Waals surface area contributed by atoms with Crippen molar-refractivity contribution in [1.82, 2.24) is 10.6 Å². The van der Waals surface area contributed by atoms with Gasteiger partial charge in [0.25, 0.3) is 0 Å². The molecule has 1 aromatic heterocycles. The van der Waals surface area contributed by atoms with Gasteiger partial charge in [-0.3, -0.25) is 0 Å².